The van der Waals surface area contributed by atoms with Crippen molar-refractivity contribution < 1.29 is 19.1 Å². The number of nitrogens with zero attached hydrogens (tertiary/aromatic N) is 4. The van der Waals surface area contributed by atoms with E-state index in [2.05, 4.69) is 39.5 Å². The Kier molecular flexibility index (Phi) is 11.2. The van der Waals surface area contributed by atoms with Gasteiger partial charge in [-0.05, 0) is 59.7 Å². The average molecular weight is 739 g/mol. The molecule has 0 atom stereocenters. The van der Waals surface area contributed by atoms with Crippen LogP contribution in [0.5, 0.6) is 11.6 Å². The summed E-state index contributed by atoms with van der Waals surface area (Å²) in [6.45, 7) is 4.45. The number of carbonyl (C=O) groups excluding carboxylic acids is 2. The number of nitrogens with one attached hydrogen (secondary N) is 1. The molecule has 47 heavy (non-hydrogen) atoms. The van der Waals surface area contributed by atoms with E-state index in [-0.39, 0.29) is 28.8 Å². The van der Waals surface area contributed by atoms with Crippen molar-refractivity contribution in [2.75, 3.05) is 38.6 Å². The van der Waals surface area contributed by atoms with Crippen LogP contribution in [0.25, 0.3) is 10.9 Å². The van der Waals surface area contributed by atoms with E-state index >= 15 is 0 Å². The SMILES string of the molecule is Br.COCc1ccc(CN2CCN(C(=O)c3cc4cc(Oc5ccc(NC(=O)c6ccc(Cl)c(Cl)c6)cn5)ccc4n3C)CC2)cc1. The predicted octanol–water partition coefficient (Wildman–Crippen LogP) is 7.61. The Labute approximate surface area is 293 Å². The Morgan fingerprint density at radius 1 is 0.872 bits per heavy atom. The minimum absolute atomic E-state index is 0. The number of benzene rings is 3. The fraction of sp³-hybridized carbons (Fsp3) is 0.229. The molecule has 1 aliphatic heterocycles. The first-order valence-corrected chi connectivity index (χ1v) is 15.6. The summed E-state index contributed by atoms with van der Waals surface area (Å²) < 4.78 is 13.1. The van der Waals surface area contributed by atoms with E-state index in [9.17, 15) is 9.59 Å². The van der Waals surface area contributed by atoms with Gasteiger partial charge in [0.05, 0.1) is 28.5 Å². The van der Waals surface area contributed by atoms with Gasteiger partial charge in [0.1, 0.15) is 11.4 Å². The van der Waals surface area contributed by atoms with E-state index < -0.39 is 0 Å². The van der Waals surface area contributed by atoms with E-state index in [0.717, 1.165) is 36.1 Å². The van der Waals surface area contributed by atoms with E-state index in [0.29, 0.717) is 58.3 Å². The Morgan fingerprint density at radius 2 is 1.62 bits per heavy atom. The summed E-state index contributed by atoms with van der Waals surface area (Å²) in [5.74, 6) is 0.633. The molecule has 1 N–H and O–H groups in total. The third-order valence-corrected chi connectivity index (χ3v) is 8.77. The molecule has 3 heterocycles. The predicted molar refractivity (Wildman–Crippen MR) is 190 cm³/mol. The zero-order valence-corrected chi connectivity index (χ0v) is 29.1. The van der Waals surface area contributed by atoms with Crippen LogP contribution in [0.4, 0.5) is 5.69 Å². The summed E-state index contributed by atoms with van der Waals surface area (Å²) in [5, 5.41) is 4.36. The van der Waals surface area contributed by atoms with Gasteiger partial charge < -0.3 is 24.3 Å². The fourth-order valence-electron chi connectivity index (χ4n) is 5.51. The quantitative estimate of drug-likeness (QED) is 0.168. The molecule has 9 nitrogen and oxygen atoms in total. The minimum atomic E-state index is -0.333. The van der Waals surface area contributed by atoms with Gasteiger partial charge in [-0.1, -0.05) is 47.5 Å². The Morgan fingerprint density at radius 3 is 2.30 bits per heavy atom. The number of aryl methyl sites for hydroxylation is 1. The number of hydrogen-bond acceptors (Lipinski definition) is 6. The highest BCUT2D eigenvalue weighted by Gasteiger charge is 2.25. The van der Waals surface area contributed by atoms with Crippen LogP contribution >= 0.6 is 40.2 Å². The number of anilines is 1. The van der Waals surface area contributed by atoms with Gasteiger partial charge in [0.15, 0.2) is 0 Å². The van der Waals surface area contributed by atoms with Crippen LogP contribution in [0.2, 0.25) is 10.0 Å². The molecule has 0 aliphatic carbocycles. The first kappa shape index (κ1) is 34.4. The van der Waals surface area contributed by atoms with Crippen LogP contribution in [0.3, 0.4) is 0 Å². The molecular weight excluding hydrogens is 705 g/mol. The lowest BCUT2D eigenvalue weighted by Gasteiger charge is -2.34. The van der Waals surface area contributed by atoms with Crippen LogP contribution in [0.15, 0.2) is 85.1 Å². The van der Waals surface area contributed by atoms with Crippen LogP contribution in [0, 0.1) is 0 Å². The molecule has 1 fully saturated rings. The summed E-state index contributed by atoms with van der Waals surface area (Å²) in [7, 11) is 3.61. The smallest absolute Gasteiger partial charge is 0.270 e. The van der Waals surface area contributed by atoms with Gasteiger partial charge in [-0.15, -0.1) is 17.0 Å². The number of piperazine rings is 1. The second-order valence-electron chi connectivity index (χ2n) is 11.2. The molecule has 12 heteroatoms. The third-order valence-electron chi connectivity index (χ3n) is 8.03. The van der Waals surface area contributed by atoms with Crippen molar-refractivity contribution >= 4 is 68.6 Å². The van der Waals surface area contributed by atoms with Crippen molar-refractivity contribution in [3.8, 4) is 11.6 Å². The molecule has 1 aliphatic rings. The molecule has 0 spiro atoms. The molecule has 1 saturated heterocycles. The van der Waals surface area contributed by atoms with Crippen molar-refractivity contribution in [1.29, 1.82) is 0 Å². The van der Waals surface area contributed by atoms with E-state index in [1.54, 1.807) is 31.4 Å². The molecule has 0 saturated carbocycles. The van der Waals surface area contributed by atoms with Gasteiger partial charge in [-0.25, -0.2) is 4.98 Å². The Bertz CT molecular complexity index is 1870. The Balaban J connectivity index is 0.00000433. The number of pyridine rings is 1. The summed E-state index contributed by atoms with van der Waals surface area (Å²) in [6.07, 6.45) is 1.51. The van der Waals surface area contributed by atoms with Crippen molar-refractivity contribution in [2.45, 2.75) is 13.2 Å². The van der Waals surface area contributed by atoms with Gasteiger partial charge in [-0.2, -0.15) is 0 Å². The normalized spacial score (nSPS) is 13.3. The number of methoxy groups -OCH3 is 1. The first-order valence-electron chi connectivity index (χ1n) is 14.9. The highest BCUT2D eigenvalue weighted by atomic mass is 79.9. The largest absolute Gasteiger partial charge is 0.439 e. The first-order chi connectivity index (χ1) is 22.3. The maximum Gasteiger partial charge on any atom is 0.270 e. The highest BCUT2D eigenvalue weighted by molar-refractivity contribution is 8.93. The Hall–Kier alpha value is -3.93. The van der Waals surface area contributed by atoms with Crippen LogP contribution in [-0.2, 0) is 24.9 Å². The van der Waals surface area contributed by atoms with Crippen molar-refractivity contribution in [1.82, 2.24) is 19.4 Å². The molecule has 2 aromatic heterocycles. The molecule has 6 rings (SSSR count). The number of aromatic nitrogens is 2. The minimum Gasteiger partial charge on any atom is -0.439 e. The lowest BCUT2D eigenvalue weighted by atomic mass is 10.1. The maximum absolute atomic E-state index is 13.6. The van der Waals surface area contributed by atoms with Crippen molar-refractivity contribution in [3.05, 3.63) is 117 Å². The summed E-state index contributed by atoms with van der Waals surface area (Å²) in [4.78, 5) is 34.7. The monoisotopic (exact) mass is 737 g/mol. The summed E-state index contributed by atoms with van der Waals surface area (Å²) in [6, 6.07) is 24.1. The van der Waals surface area contributed by atoms with E-state index in [4.69, 9.17) is 32.7 Å². The van der Waals surface area contributed by atoms with E-state index in [1.165, 1.54) is 17.8 Å². The number of hydrogen-bond donors (Lipinski definition) is 1. The number of amides is 2. The van der Waals surface area contributed by atoms with Crippen molar-refractivity contribution in [3.63, 3.8) is 0 Å². The standard InChI is InChI=1S/C35H33Cl2N5O4.BrH/c1-40-31-11-9-28(46-33-12-8-27(20-38-33)39-34(43)25-7-10-29(36)30(37)18-25)17-26(31)19-32(40)35(44)42-15-13-41(14-16-42)21-23-3-5-24(6-4-23)22-45-2;/h3-12,17-20H,13-16,21-22H2,1-2H3,(H,39,43);1H. The molecule has 3 aromatic carbocycles. The lowest BCUT2D eigenvalue weighted by Crippen LogP contribution is -2.48. The molecule has 5 aromatic rings. The van der Waals surface area contributed by atoms with Crippen LogP contribution in [-0.4, -0.2) is 64.5 Å². The van der Waals surface area contributed by atoms with Crippen LogP contribution in [0.1, 0.15) is 32.0 Å². The molecule has 244 valence electrons. The lowest BCUT2D eigenvalue weighted by molar-refractivity contribution is 0.0619. The number of fused-ring (bicyclic) bond motifs is 1. The zero-order valence-electron chi connectivity index (χ0n) is 25.9. The molecule has 0 bridgehead atoms. The van der Waals surface area contributed by atoms with Gasteiger partial charge >= 0.3 is 0 Å². The average Bonchev–Trinajstić information content (AvgIpc) is 3.39. The molecule has 0 unspecified atom stereocenters. The second kappa shape index (κ2) is 15.3. The van der Waals surface area contributed by atoms with Crippen molar-refractivity contribution in [2.24, 2.45) is 7.05 Å². The number of rotatable bonds is 9. The van der Waals surface area contributed by atoms with Crippen LogP contribution < -0.4 is 10.1 Å². The van der Waals surface area contributed by atoms with Gasteiger partial charge in [-0.3, -0.25) is 14.5 Å². The van der Waals surface area contributed by atoms with Gasteiger partial charge in [0.25, 0.3) is 11.8 Å². The number of halogens is 3. The summed E-state index contributed by atoms with van der Waals surface area (Å²) >= 11 is 12.0. The van der Waals surface area contributed by atoms with Gasteiger partial charge in [0.2, 0.25) is 5.88 Å². The molecule has 0 radical (unpaired) electrons. The topological polar surface area (TPSA) is 88.9 Å². The highest BCUT2D eigenvalue weighted by Crippen LogP contribution is 2.28. The zero-order chi connectivity index (χ0) is 32.2. The van der Waals surface area contributed by atoms with E-state index in [1.807, 2.05) is 40.8 Å². The fourth-order valence-corrected chi connectivity index (χ4v) is 5.81. The van der Waals surface area contributed by atoms with Gasteiger partial charge in [0, 0.05) is 69.4 Å². The maximum atomic E-state index is 13.6. The number of carbonyl (C=O) groups is 2. The molecule has 2 amide bonds. The number of ether oxygens (including phenoxy) is 2. The molecular formula is C35H34BrCl2N5O4. The third kappa shape index (κ3) is 8.14. The second-order valence-corrected chi connectivity index (χ2v) is 12.0. The summed E-state index contributed by atoms with van der Waals surface area (Å²) in [5.41, 5.74) is 4.86.